The highest BCUT2D eigenvalue weighted by Gasteiger charge is 1.94. The van der Waals surface area contributed by atoms with Crippen LogP contribution in [0, 0.1) is 22.7 Å². The van der Waals surface area contributed by atoms with Gasteiger partial charge < -0.3 is 4.84 Å². The molecule has 0 unspecified atom stereocenters. The van der Waals surface area contributed by atoms with Gasteiger partial charge in [0.25, 0.3) is 0 Å². The minimum atomic E-state index is 0.346. The lowest BCUT2D eigenvalue weighted by Gasteiger charge is -1.99. The van der Waals surface area contributed by atoms with Crippen LogP contribution in [0.4, 0.5) is 0 Å². The first-order chi connectivity index (χ1) is 9.81. The minimum Gasteiger partial charge on any atom is -0.391 e. The molecule has 0 atom stereocenters. The molecule has 0 heterocycles. The van der Waals surface area contributed by atoms with Crippen LogP contribution in [0.15, 0.2) is 53.7 Å². The SMILES string of the molecule is N#Cc1ccc(C=NOCc2ccc(C#N)cc2)cc1. The average molecular weight is 261 g/mol. The second kappa shape index (κ2) is 6.72. The summed E-state index contributed by atoms with van der Waals surface area (Å²) in [5.74, 6) is 0. The number of benzene rings is 2. The fourth-order valence-corrected chi connectivity index (χ4v) is 1.53. The first-order valence-corrected chi connectivity index (χ1v) is 5.96. The van der Waals surface area contributed by atoms with E-state index in [0.717, 1.165) is 11.1 Å². The predicted molar refractivity (Wildman–Crippen MR) is 74.7 cm³/mol. The molecule has 0 amide bonds. The number of oxime groups is 1. The molecule has 4 nitrogen and oxygen atoms in total. The highest BCUT2D eigenvalue weighted by molar-refractivity contribution is 5.79. The molecule has 0 aliphatic heterocycles. The Morgan fingerprint density at radius 3 is 2.00 bits per heavy atom. The minimum absolute atomic E-state index is 0.346. The van der Waals surface area contributed by atoms with Crippen LogP contribution >= 0.6 is 0 Å². The van der Waals surface area contributed by atoms with Crippen LogP contribution in [0.3, 0.4) is 0 Å². The topological polar surface area (TPSA) is 69.2 Å². The maximum Gasteiger partial charge on any atom is 0.142 e. The lowest BCUT2D eigenvalue weighted by atomic mass is 10.2. The van der Waals surface area contributed by atoms with Crippen molar-refractivity contribution in [3.8, 4) is 12.1 Å². The van der Waals surface area contributed by atoms with Crippen LogP contribution in [-0.2, 0) is 11.4 Å². The molecule has 2 aromatic rings. The molecule has 4 heteroatoms. The van der Waals surface area contributed by atoms with Crippen molar-refractivity contribution >= 4 is 6.21 Å². The van der Waals surface area contributed by atoms with E-state index in [9.17, 15) is 0 Å². The van der Waals surface area contributed by atoms with Crippen molar-refractivity contribution in [1.82, 2.24) is 0 Å². The van der Waals surface area contributed by atoms with Gasteiger partial charge in [-0.2, -0.15) is 10.5 Å². The zero-order valence-electron chi connectivity index (χ0n) is 10.7. The number of hydrogen-bond donors (Lipinski definition) is 0. The first-order valence-electron chi connectivity index (χ1n) is 5.96. The van der Waals surface area contributed by atoms with Crippen LogP contribution in [0.2, 0.25) is 0 Å². The lowest BCUT2D eigenvalue weighted by Crippen LogP contribution is -1.88. The van der Waals surface area contributed by atoms with Crippen LogP contribution in [-0.4, -0.2) is 6.21 Å². The van der Waals surface area contributed by atoms with E-state index in [2.05, 4.69) is 17.3 Å². The molecular weight excluding hydrogens is 250 g/mol. The summed E-state index contributed by atoms with van der Waals surface area (Å²) >= 11 is 0. The average Bonchev–Trinajstić information content (AvgIpc) is 2.53. The van der Waals surface area contributed by atoms with Gasteiger partial charge in [0.05, 0.1) is 29.5 Å². The van der Waals surface area contributed by atoms with E-state index in [0.29, 0.717) is 17.7 Å². The Morgan fingerprint density at radius 2 is 1.45 bits per heavy atom. The van der Waals surface area contributed by atoms with Crippen molar-refractivity contribution in [3.63, 3.8) is 0 Å². The van der Waals surface area contributed by atoms with Crippen LogP contribution in [0.25, 0.3) is 0 Å². The maximum absolute atomic E-state index is 8.68. The van der Waals surface area contributed by atoms with Gasteiger partial charge in [0.1, 0.15) is 6.61 Å². The molecule has 0 fully saturated rings. The van der Waals surface area contributed by atoms with Crippen molar-refractivity contribution < 1.29 is 4.84 Å². The molecule has 0 N–H and O–H groups in total. The summed E-state index contributed by atoms with van der Waals surface area (Å²) in [7, 11) is 0. The third kappa shape index (κ3) is 3.69. The summed E-state index contributed by atoms with van der Waals surface area (Å²) in [6.07, 6.45) is 1.59. The summed E-state index contributed by atoms with van der Waals surface area (Å²) in [4.78, 5) is 5.18. The van der Waals surface area contributed by atoms with E-state index in [1.54, 1.807) is 42.6 Å². The van der Waals surface area contributed by atoms with Gasteiger partial charge >= 0.3 is 0 Å². The van der Waals surface area contributed by atoms with Crippen molar-refractivity contribution in [1.29, 1.82) is 10.5 Å². The van der Waals surface area contributed by atoms with Crippen LogP contribution in [0.1, 0.15) is 22.3 Å². The summed E-state index contributed by atoms with van der Waals surface area (Å²) < 4.78 is 0. The fourth-order valence-electron chi connectivity index (χ4n) is 1.53. The number of nitrogens with zero attached hydrogens (tertiary/aromatic N) is 3. The fraction of sp³-hybridized carbons (Fsp3) is 0.0625. The Labute approximate surface area is 117 Å². The van der Waals surface area contributed by atoms with Gasteiger partial charge in [-0.05, 0) is 35.4 Å². The predicted octanol–water partition coefficient (Wildman–Crippen LogP) is 2.98. The Hall–Kier alpha value is -3.11. The van der Waals surface area contributed by atoms with Gasteiger partial charge in [0, 0.05) is 0 Å². The maximum atomic E-state index is 8.68. The van der Waals surface area contributed by atoms with Crippen molar-refractivity contribution in [2.75, 3.05) is 0 Å². The molecule has 96 valence electrons. The lowest BCUT2D eigenvalue weighted by molar-refractivity contribution is 0.132. The molecule has 0 bridgehead atoms. The van der Waals surface area contributed by atoms with Gasteiger partial charge in [0.15, 0.2) is 0 Å². The molecule has 0 radical (unpaired) electrons. The summed E-state index contributed by atoms with van der Waals surface area (Å²) in [6, 6.07) is 18.3. The second-order valence-electron chi connectivity index (χ2n) is 4.05. The molecule has 0 aromatic heterocycles. The normalized spacial score (nSPS) is 9.90. The largest absolute Gasteiger partial charge is 0.391 e. The van der Waals surface area contributed by atoms with Gasteiger partial charge in [-0.25, -0.2) is 0 Å². The van der Waals surface area contributed by atoms with E-state index in [1.807, 2.05) is 12.1 Å². The second-order valence-corrected chi connectivity index (χ2v) is 4.05. The molecule has 2 aromatic carbocycles. The van der Waals surface area contributed by atoms with Crippen molar-refractivity contribution in [2.24, 2.45) is 5.16 Å². The van der Waals surface area contributed by atoms with E-state index >= 15 is 0 Å². The van der Waals surface area contributed by atoms with Gasteiger partial charge in [0.2, 0.25) is 0 Å². The zero-order valence-corrected chi connectivity index (χ0v) is 10.7. The third-order valence-corrected chi connectivity index (χ3v) is 2.63. The Morgan fingerprint density at radius 1 is 0.900 bits per heavy atom. The van der Waals surface area contributed by atoms with E-state index in [4.69, 9.17) is 15.4 Å². The van der Waals surface area contributed by atoms with E-state index in [1.165, 1.54) is 0 Å². The molecule has 20 heavy (non-hydrogen) atoms. The molecule has 2 rings (SSSR count). The van der Waals surface area contributed by atoms with Gasteiger partial charge in [-0.3, -0.25) is 0 Å². The summed E-state index contributed by atoms with van der Waals surface area (Å²) in [5.41, 5.74) is 3.04. The molecule has 0 aliphatic rings. The molecule has 0 saturated carbocycles. The van der Waals surface area contributed by atoms with Crippen LogP contribution in [0.5, 0.6) is 0 Å². The number of nitriles is 2. The van der Waals surface area contributed by atoms with Crippen LogP contribution < -0.4 is 0 Å². The Balaban J connectivity index is 1.86. The Bertz CT molecular complexity index is 674. The zero-order chi connectivity index (χ0) is 14.2. The summed E-state index contributed by atoms with van der Waals surface area (Å²) in [5, 5.41) is 21.2. The Kier molecular flexibility index (Phi) is 4.48. The van der Waals surface area contributed by atoms with Gasteiger partial charge in [-0.15, -0.1) is 0 Å². The van der Waals surface area contributed by atoms with Gasteiger partial charge in [-0.1, -0.05) is 29.4 Å². The molecule has 0 saturated heterocycles. The van der Waals surface area contributed by atoms with E-state index in [-0.39, 0.29) is 0 Å². The number of hydrogen-bond acceptors (Lipinski definition) is 4. The highest BCUT2D eigenvalue weighted by atomic mass is 16.6. The van der Waals surface area contributed by atoms with Crippen molar-refractivity contribution in [3.05, 3.63) is 70.8 Å². The monoisotopic (exact) mass is 261 g/mol. The number of rotatable bonds is 4. The molecular formula is C16H11N3O. The summed E-state index contributed by atoms with van der Waals surface area (Å²) in [6.45, 7) is 0.346. The smallest absolute Gasteiger partial charge is 0.142 e. The molecule has 0 aliphatic carbocycles. The highest BCUT2D eigenvalue weighted by Crippen LogP contribution is 2.05. The quantitative estimate of drug-likeness (QED) is 0.627. The third-order valence-electron chi connectivity index (χ3n) is 2.63. The standard InChI is InChI=1S/C16H11N3O/c17-9-13-1-5-15(6-2-13)11-19-20-12-16-7-3-14(10-18)4-8-16/h1-8,11H,12H2. The first kappa shape index (κ1) is 13.3. The van der Waals surface area contributed by atoms with E-state index < -0.39 is 0 Å². The molecule has 0 spiro atoms. The van der Waals surface area contributed by atoms with Crippen molar-refractivity contribution in [2.45, 2.75) is 6.61 Å².